The molecule has 8 rings (SSSR count). The number of aliphatic carboxylic acids is 1. The number of benzene rings is 4. The predicted molar refractivity (Wildman–Crippen MR) is 347 cm³/mol. The highest BCUT2D eigenvalue weighted by molar-refractivity contribution is 7.59. The number of esters is 1. The van der Waals surface area contributed by atoms with Crippen LogP contribution in [0.2, 0.25) is 0 Å². The van der Waals surface area contributed by atoms with Crippen LogP contribution in [0.1, 0.15) is 149 Å². The summed E-state index contributed by atoms with van der Waals surface area (Å²) in [5.41, 5.74) is 11.7. The maximum Gasteiger partial charge on any atom is 0.306 e. The molecule has 0 saturated carbocycles. The van der Waals surface area contributed by atoms with Gasteiger partial charge in [-0.25, -0.2) is 8.78 Å². The van der Waals surface area contributed by atoms with E-state index in [1.54, 1.807) is 36.0 Å². The van der Waals surface area contributed by atoms with Gasteiger partial charge in [0.1, 0.15) is 12.3 Å². The van der Waals surface area contributed by atoms with Crippen LogP contribution >= 0.6 is 27.0 Å². The molecule has 0 radical (unpaired) electrons. The lowest BCUT2D eigenvalue weighted by molar-refractivity contribution is -0.143. The van der Waals surface area contributed by atoms with E-state index in [0.717, 1.165) is 66.8 Å². The summed E-state index contributed by atoms with van der Waals surface area (Å²) < 4.78 is 35.0. The van der Waals surface area contributed by atoms with E-state index in [1.807, 2.05) is 112 Å². The van der Waals surface area contributed by atoms with E-state index >= 15 is 0 Å². The highest BCUT2D eigenvalue weighted by Gasteiger charge is 2.32. The molecule has 2 aromatic heterocycles. The molecule has 1 N–H and O–H groups in total. The van der Waals surface area contributed by atoms with Crippen LogP contribution in [0, 0.1) is 39.5 Å². The number of rotatable bonds is 25. The third kappa shape index (κ3) is 19.5. The lowest BCUT2D eigenvalue weighted by Gasteiger charge is -2.34. The Balaban J connectivity index is 0.000000352. The summed E-state index contributed by atoms with van der Waals surface area (Å²) in [4.78, 5) is 82.6. The molecule has 0 amide bonds. The number of carboxylic acids is 1. The van der Waals surface area contributed by atoms with Gasteiger partial charge in [0.15, 0.2) is 11.6 Å². The summed E-state index contributed by atoms with van der Waals surface area (Å²) >= 11 is 0. The predicted octanol–water partition coefficient (Wildman–Crippen LogP) is 13.5. The number of likely N-dealkylation sites (tertiary alicyclic amines) is 2. The van der Waals surface area contributed by atoms with Crippen molar-refractivity contribution >= 4 is 50.5 Å². The lowest BCUT2D eigenvalue weighted by atomic mass is 9.85. The zero-order chi connectivity index (χ0) is 59.4. The number of hydrogen-bond donors (Lipinski definition) is 1. The number of ether oxygens (including phenoxy) is 1. The molecule has 4 heterocycles. The number of alkyl halides is 2. The van der Waals surface area contributed by atoms with Crippen molar-refractivity contribution in [3.8, 4) is 22.3 Å². The van der Waals surface area contributed by atoms with Crippen LogP contribution in [0.3, 0.4) is 0 Å². The van der Waals surface area contributed by atoms with Crippen molar-refractivity contribution in [2.24, 2.45) is 11.8 Å². The Bertz CT molecular complexity index is 3290. The van der Waals surface area contributed by atoms with E-state index in [-0.39, 0.29) is 107 Å². The third-order valence-electron chi connectivity index (χ3n) is 15.7. The minimum absolute atomic E-state index is 0. The SMILES string of the molecule is C.CCOC(=O)C[C@H](CC(=O)C(CC(C)C)n1cc(CN2CC(F)C2)ccc1=O)c1cccc(-c2c(C)cccc2C)c1.Cc1cccc(C)c1-c1cccc([C@H](CC(=O)O)CC(=O)C(CC(C)C)n2cc(CN3CC(F)C3)ccc2=O)c1.S.S. The summed E-state index contributed by atoms with van der Waals surface area (Å²) in [5, 5.41) is 9.75. The van der Waals surface area contributed by atoms with Crippen LogP contribution in [-0.4, -0.2) is 92.7 Å². The van der Waals surface area contributed by atoms with Crippen molar-refractivity contribution in [2.45, 2.75) is 158 Å². The van der Waals surface area contributed by atoms with Gasteiger partial charge in [-0.1, -0.05) is 132 Å². The molecule has 0 spiro atoms. The molecule has 2 unspecified atom stereocenters. The van der Waals surface area contributed by atoms with Gasteiger partial charge in [0, 0.05) is 88.5 Å². The Kier molecular flexibility index (Phi) is 27.5. The zero-order valence-electron chi connectivity index (χ0n) is 50.2. The van der Waals surface area contributed by atoms with Gasteiger partial charge in [-0.15, -0.1) is 0 Å². The molecule has 6 aromatic rings. The first-order valence-corrected chi connectivity index (χ1v) is 29.0. The van der Waals surface area contributed by atoms with Gasteiger partial charge in [0.25, 0.3) is 11.1 Å². The monoisotopic (exact) mass is 1200 g/mol. The molecule has 460 valence electrons. The van der Waals surface area contributed by atoms with E-state index < -0.39 is 42.2 Å². The number of nitrogens with zero attached hydrogens (tertiary/aromatic N) is 4. The summed E-state index contributed by atoms with van der Waals surface area (Å²) in [6.07, 6.45) is 2.77. The molecule has 2 aliphatic heterocycles. The average molecular weight is 1210 g/mol. The van der Waals surface area contributed by atoms with Crippen molar-refractivity contribution < 1.29 is 37.8 Å². The fourth-order valence-corrected chi connectivity index (χ4v) is 11.7. The number of carbonyl (C=O) groups excluding carboxylic acids is 3. The first kappa shape index (κ1) is 71.0. The van der Waals surface area contributed by atoms with Gasteiger partial charge in [-0.3, -0.25) is 38.6 Å². The van der Waals surface area contributed by atoms with E-state index in [0.29, 0.717) is 52.1 Å². The summed E-state index contributed by atoms with van der Waals surface area (Å²) in [6, 6.07) is 33.2. The zero-order valence-corrected chi connectivity index (χ0v) is 52.2. The van der Waals surface area contributed by atoms with Gasteiger partial charge in [0.2, 0.25) is 0 Å². The Labute approximate surface area is 515 Å². The van der Waals surface area contributed by atoms with E-state index in [2.05, 4.69) is 38.1 Å². The first-order chi connectivity index (χ1) is 39.1. The molecule has 12 nitrogen and oxygen atoms in total. The van der Waals surface area contributed by atoms with E-state index in [9.17, 15) is 42.7 Å². The van der Waals surface area contributed by atoms with Gasteiger partial charge in [-0.05, 0) is 126 Å². The molecular formula is C69H90F2N4O8S2. The molecule has 4 aromatic carbocycles. The van der Waals surface area contributed by atoms with Gasteiger partial charge in [0.05, 0.1) is 31.5 Å². The normalized spacial score (nSPS) is 14.9. The van der Waals surface area contributed by atoms with E-state index in [4.69, 9.17) is 4.74 Å². The second kappa shape index (κ2) is 32.9. The quantitative estimate of drug-likeness (QED) is 0.0549. The molecule has 4 atom stereocenters. The second-order valence-corrected chi connectivity index (χ2v) is 23.6. The number of aryl methyl sites for hydroxylation is 4. The minimum Gasteiger partial charge on any atom is -0.481 e. The molecular weight excluding hydrogens is 1110 g/mol. The van der Waals surface area contributed by atoms with Crippen LogP contribution in [-0.2, 0) is 37.0 Å². The molecule has 2 fully saturated rings. The number of pyridine rings is 2. The fourth-order valence-electron chi connectivity index (χ4n) is 11.7. The highest BCUT2D eigenvalue weighted by atomic mass is 32.1. The summed E-state index contributed by atoms with van der Waals surface area (Å²) in [7, 11) is 0. The Morgan fingerprint density at radius 3 is 1.26 bits per heavy atom. The Hall–Kier alpha value is -6.46. The molecule has 0 aliphatic carbocycles. The second-order valence-electron chi connectivity index (χ2n) is 23.6. The van der Waals surface area contributed by atoms with Crippen molar-refractivity contribution in [3.63, 3.8) is 0 Å². The topological polar surface area (TPSA) is 148 Å². The smallest absolute Gasteiger partial charge is 0.306 e. The standard InChI is InChI=1S/C35H43FN2O4.C33H39FN2O4.CH4.2H2S/c1-6-42-34(41)18-29(27-11-8-12-28(16-27)35-24(4)9-7-10-25(35)5)17-32(39)31(15-23(2)3)38-20-26(13-14-33(38)40)19-37-21-30(36)22-37;1-21(2)13-29(36-18-24(11-12-31(36)38)17-35-19-28(34)20-35)30(37)15-27(16-32(39)40)25-9-6-10-26(14-25)33-22(3)7-5-8-23(33)4;;;/h7-14,16,20,23,29-31H,6,15,17-19,21-22H2,1-5H3;5-12,14,18,21,27-29H,13,15-17,19-20H2,1-4H3,(H,39,40);1H4;2*1H2/t29-,31?;27-,29?;;;/m00.../s1. The first-order valence-electron chi connectivity index (χ1n) is 29.0. The van der Waals surface area contributed by atoms with Crippen LogP contribution in [0.25, 0.3) is 22.3 Å². The van der Waals surface area contributed by atoms with Crippen molar-refractivity contribution in [1.29, 1.82) is 0 Å². The largest absolute Gasteiger partial charge is 0.481 e. The number of hydrogen-bond acceptors (Lipinski definition) is 9. The van der Waals surface area contributed by atoms with Crippen molar-refractivity contribution in [3.05, 3.63) is 187 Å². The Morgan fingerprint density at radius 2 is 0.918 bits per heavy atom. The van der Waals surface area contributed by atoms with Crippen LogP contribution in [0.5, 0.6) is 0 Å². The maximum absolute atomic E-state index is 14.1. The number of halogens is 2. The highest BCUT2D eigenvalue weighted by Crippen LogP contribution is 2.36. The average Bonchev–Trinajstić information content (AvgIpc) is 3.60. The van der Waals surface area contributed by atoms with Gasteiger partial charge in [-0.2, -0.15) is 27.0 Å². The number of Topliss-reactive ketones (excluding diaryl/α,β-unsaturated/α-hetero) is 2. The fraction of sp³-hybridized carbons (Fsp3) is 0.449. The lowest BCUT2D eigenvalue weighted by Crippen LogP contribution is -2.47. The van der Waals surface area contributed by atoms with Gasteiger partial charge < -0.3 is 19.0 Å². The number of carbonyl (C=O) groups is 4. The van der Waals surface area contributed by atoms with E-state index in [1.165, 1.54) is 16.7 Å². The molecule has 2 aliphatic rings. The minimum atomic E-state index is -0.976. The van der Waals surface area contributed by atoms with Gasteiger partial charge >= 0.3 is 11.9 Å². The molecule has 2 saturated heterocycles. The third-order valence-corrected chi connectivity index (χ3v) is 15.7. The number of aromatic nitrogens is 2. The Morgan fingerprint density at radius 1 is 0.553 bits per heavy atom. The molecule has 85 heavy (non-hydrogen) atoms. The van der Waals surface area contributed by atoms with Crippen LogP contribution < -0.4 is 11.1 Å². The summed E-state index contributed by atoms with van der Waals surface area (Å²) in [5.74, 6) is -2.23. The van der Waals surface area contributed by atoms with Crippen LogP contribution in [0.4, 0.5) is 8.78 Å². The molecule has 0 bridgehead atoms. The van der Waals surface area contributed by atoms with Crippen molar-refractivity contribution in [1.82, 2.24) is 18.9 Å². The van der Waals surface area contributed by atoms with Crippen LogP contribution in [0.15, 0.2) is 131 Å². The summed E-state index contributed by atoms with van der Waals surface area (Å²) in [6.45, 7) is 20.9. The number of ketones is 2. The molecule has 16 heteroatoms. The number of carboxylic acid groups (broad SMARTS) is 1. The maximum atomic E-state index is 14.1. The van der Waals surface area contributed by atoms with Crippen molar-refractivity contribution in [2.75, 3.05) is 32.8 Å².